The zero-order valence-corrected chi connectivity index (χ0v) is 12.0. The Labute approximate surface area is 106 Å². The van der Waals surface area contributed by atoms with Crippen LogP contribution in [-0.4, -0.2) is 0 Å². The van der Waals surface area contributed by atoms with Gasteiger partial charge in [-0.1, -0.05) is 33.8 Å². The standard InChI is InChI=1S/C15H28N2/c1-6-12(7-2)13(16)10-11-14(17)15(5,8-3)9-4/h6,10-11H,7-9,16-17H2,1-5H3/b12-6?,13-10-,14-11-. The predicted octanol–water partition coefficient (Wildman–Crippen LogP) is 3.85. The molecule has 0 aromatic carbocycles. The summed E-state index contributed by atoms with van der Waals surface area (Å²) >= 11 is 0. The largest absolute Gasteiger partial charge is 0.402 e. The molecule has 4 N–H and O–H groups in total. The van der Waals surface area contributed by atoms with Gasteiger partial charge in [-0.2, -0.15) is 0 Å². The number of rotatable bonds is 6. The first-order valence-corrected chi connectivity index (χ1v) is 6.54. The molecule has 0 aliphatic carbocycles. The quantitative estimate of drug-likeness (QED) is 0.688. The molecule has 0 radical (unpaired) electrons. The fraction of sp³-hybridized carbons (Fsp3) is 0.600. The van der Waals surface area contributed by atoms with Crippen LogP contribution in [0.15, 0.2) is 35.2 Å². The van der Waals surface area contributed by atoms with Crippen molar-refractivity contribution in [1.82, 2.24) is 0 Å². The van der Waals surface area contributed by atoms with Gasteiger partial charge < -0.3 is 11.5 Å². The molecule has 0 spiro atoms. The van der Waals surface area contributed by atoms with Crippen LogP contribution in [0.1, 0.15) is 53.9 Å². The molecule has 0 rings (SSSR count). The van der Waals surface area contributed by atoms with Gasteiger partial charge in [0.25, 0.3) is 0 Å². The molecule has 0 unspecified atom stereocenters. The van der Waals surface area contributed by atoms with Gasteiger partial charge in [-0.25, -0.2) is 0 Å². The van der Waals surface area contributed by atoms with Gasteiger partial charge in [-0.05, 0) is 43.9 Å². The molecule has 0 heterocycles. The van der Waals surface area contributed by atoms with Crippen molar-refractivity contribution in [3.05, 3.63) is 35.2 Å². The lowest BCUT2D eigenvalue weighted by Crippen LogP contribution is -2.23. The fourth-order valence-electron chi connectivity index (χ4n) is 1.72. The highest BCUT2D eigenvalue weighted by molar-refractivity contribution is 5.32. The van der Waals surface area contributed by atoms with Crippen molar-refractivity contribution in [2.75, 3.05) is 0 Å². The monoisotopic (exact) mass is 236 g/mol. The third-order valence-electron chi connectivity index (χ3n) is 3.80. The van der Waals surface area contributed by atoms with Crippen LogP contribution >= 0.6 is 0 Å². The Kier molecular flexibility index (Phi) is 6.71. The molecule has 0 amide bonds. The van der Waals surface area contributed by atoms with Crippen LogP contribution in [0.4, 0.5) is 0 Å². The Bertz CT molecular complexity index is 318. The second-order valence-corrected chi connectivity index (χ2v) is 4.68. The Hall–Kier alpha value is -1.18. The Morgan fingerprint density at radius 2 is 1.59 bits per heavy atom. The lowest BCUT2D eigenvalue weighted by molar-refractivity contribution is 0.363. The van der Waals surface area contributed by atoms with Crippen LogP contribution in [0.3, 0.4) is 0 Å². The molecule has 0 aliphatic heterocycles. The van der Waals surface area contributed by atoms with Gasteiger partial charge >= 0.3 is 0 Å². The van der Waals surface area contributed by atoms with Crippen molar-refractivity contribution in [3.8, 4) is 0 Å². The van der Waals surface area contributed by atoms with E-state index in [1.807, 2.05) is 19.1 Å². The first kappa shape index (κ1) is 15.8. The van der Waals surface area contributed by atoms with Crippen molar-refractivity contribution in [1.29, 1.82) is 0 Å². The lowest BCUT2D eigenvalue weighted by atomic mass is 9.81. The molecule has 0 aromatic heterocycles. The number of nitrogens with two attached hydrogens (primary N) is 2. The van der Waals surface area contributed by atoms with E-state index in [0.29, 0.717) is 0 Å². The van der Waals surface area contributed by atoms with Gasteiger partial charge in [0.05, 0.1) is 0 Å². The van der Waals surface area contributed by atoms with E-state index in [4.69, 9.17) is 11.5 Å². The zero-order chi connectivity index (χ0) is 13.5. The summed E-state index contributed by atoms with van der Waals surface area (Å²) in [4.78, 5) is 0. The van der Waals surface area contributed by atoms with Gasteiger partial charge in [0, 0.05) is 16.8 Å². The summed E-state index contributed by atoms with van der Waals surface area (Å²) < 4.78 is 0. The van der Waals surface area contributed by atoms with Crippen LogP contribution in [0.5, 0.6) is 0 Å². The smallest absolute Gasteiger partial charge is 0.0343 e. The highest BCUT2D eigenvalue weighted by Crippen LogP contribution is 2.31. The topological polar surface area (TPSA) is 52.0 Å². The first-order chi connectivity index (χ1) is 7.95. The van der Waals surface area contributed by atoms with Crippen molar-refractivity contribution in [3.63, 3.8) is 0 Å². The molecule has 0 fully saturated rings. The molecule has 0 saturated heterocycles. The Balaban J connectivity index is 5.00. The van der Waals surface area contributed by atoms with Crippen molar-refractivity contribution in [2.45, 2.75) is 53.9 Å². The minimum Gasteiger partial charge on any atom is -0.402 e. The summed E-state index contributed by atoms with van der Waals surface area (Å²) in [6, 6.07) is 0. The second kappa shape index (κ2) is 7.21. The van der Waals surface area contributed by atoms with Crippen molar-refractivity contribution < 1.29 is 0 Å². The Morgan fingerprint density at radius 1 is 1.06 bits per heavy atom. The molecule has 0 aromatic rings. The van der Waals surface area contributed by atoms with E-state index in [1.54, 1.807) is 0 Å². The maximum atomic E-state index is 6.15. The van der Waals surface area contributed by atoms with Crippen LogP contribution in [-0.2, 0) is 0 Å². The average Bonchev–Trinajstić information content (AvgIpc) is 2.36. The summed E-state index contributed by atoms with van der Waals surface area (Å²) in [5, 5.41) is 0. The third kappa shape index (κ3) is 4.29. The third-order valence-corrected chi connectivity index (χ3v) is 3.80. The average molecular weight is 236 g/mol. The predicted molar refractivity (Wildman–Crippen MR) is 77.3 cm³/mol. The molecule has 2 heteroatoms. The first-order valence-electron chi connectivity index (χ1n) is 6.54. The SMILES string of the molecule is CC=C(CC)/C(N)=C/C=C(\N)C(C)(CC)CC. The molecule has 17 heavy (non-hydrogen) atoms. The molecule has 98 valence electrons. The molecule has 2 nitrogen and oxygen atoms in total. The van der Waals surface area contributed by atoms with E-state index in [1.165, 1.54) is 5.57 Å². The molecule has 0 bridgehead atoms. The van der Waals surface area contributed by atoms with Gasteiger partial charge in [0.2, 0.25) is 0 Å². The van der Waals surface area contributed by atoms with E-state index >= 15 is 0 Å². The second-order valence-electron chi connectivity index (χ2n) is 4.68. The van der Waals surface area contributed by atoms with Crippen LogP contribution < -0.4 is 11.5 Å². The van der Waals surface area contributed by atoms with Crippen LogP contribution in [0.25, 0.3) is 0 Å². The maximum absolute atomic E-state index is 6.15. The number of allylic oxidation sites excluding steroid dienone is 5. The lowest BCUT2D eigenvalue weighted by Gasteiger charge is -2.27. The maximum Gasteiger partial charge on any atom is 0.0343 e. The summed E-state index contributed by atoms with van der Waals surface area (Å²) in [6.07, 6.45) is 8.98. The minimum atomic E-state index is 0.0824. The van der Waals surface area contributed by atoms with Crippen molar-refractivity contribution in [2.24, 2.45) is 16.9 Å². The normalized spacial score (nSPS) is 15.2. The van der Waals surface area contributed by atoms with Gasteiger partial charge in [0.1, 0.15) is 0 Å². The molecule has 0 aliphatic rings. The van der Waals surface area contributed by atoms with E-state index in [9.17, 15) is 0 Å². The fourth-order valence-corrected chi connectivity index (χ4v) is 1.72. The van der Waals surface area contributed by atoms with Gasteiger partial charge in [0.15, 0.2) is 0 Å². The highest BCUT2D eigenvalue weighted by atomic mass is 14.6. The van der Waals surface area contributed by atoms with Crippen LogP contribution in [0.2, 0.25) is 0 Å². The van der Waals surface area contributed by atoms with E-state index in [2.05, 4.69) is 33.8 Å². The molecule has 0 saturated carbocycles. The highest BCUT2D eigenvalue weighted by Gasteiger charge is 2.22. The summed E-state index contributed by atoms with van der Waals surface area (Å²) in [5.74, 6) is 0. The summed E-state index contributed by atoms with van der Waals surface area (Å²) in [6.45, 7) is 10.6. The molecular weight excluding hydrogens is 208 g/mol. The van der Waals surface area contributed by atoms with E-state index < -0.39 is 0 Å². The number of hydrogen-bond acceptors (Lipinski definition) is 2. The Morgan fingerprint density at radius 3 is 1.94 bits per heavy atom. The zero-order valence-electron chi connectivity index (χ0n) is 12.0. The minimum absolute atomic E-state index is 0.0824. The van der Waals surface area contributed by atoms with Crippen LogP contribution in [0, 0.1) is 5.41 Å². The van der Waals surface area contributed by atoms with Crippen molar-refractivity contribution >= 4 is 0 Å². The number of hydrogen-bond donors (Lipinski definition) is 2. The molecule has 0 atom stereocenters. The van der Waals surface area contributed by atoms with Gasteiger partial charge in [-0.3, -0.25) is 0 Å². The van der Waals surface area contributed by atoms with E-state index in [0.717, 1.165) is 30.7 Å². The van der Waals surface area contributed by atoms with Gasteiger partial charge in [-0.15, -0.1) is 0 Å². The summed E-state index contributed by atoms with van der Waals surface area (Å²) in [7, 11) is 0. The molecular formula is C15H28N2. The van der Waals surface area contributed by atoms with E-state index in [-0.39, 0.29) is 5.41 Å². The summed E-state index contributed by atoms with van der Waals surface area (Å²) in [5.41, 5.74) is 15.1.